The number of likely N-dealkylation sites (tertiary alicyclic amines) is 1. The van der Waals surface area contributed by atoms with Gasteiger partial charge in [-0.1, -0.05) is 19.1 Å². The van der Waals surface area contributed by atoms with Gasteiger partial charge < -0.3 is 15.1 Å². The molecule has 1 aliphatic heterocycles. The Morgan fingerprint density at radius 1 is 1.39 bits per heavy atom. The van der Waals surface area contributed by atoms with Crippen LogP contribution in [0.1, 0.15) is 18.9 Å². The highest BCUT2D eigenvalue weighted by Gasteiger charge is 2.29. The van der Waals surface area contributed by atoms with Gasteiger partial charge in [0.05, 0.1) is 0 Å². The number of rotatable bonds is 5. The van der Waals surface area contributed by atoms with Gasteiger partial charge in [-0.2, -0.15) is 11.8 Å². The minimum Gasteiger partial charge on any atom is -0.324 e. The van der Waals surface area contributed by atoms with Crippen LogP contribution >= 0.6 is 11.8 Å². The Labute approximate surface area is 144 Å². The first-order valence-electron chi connectivity index (χ1n) is 8.31. The number of aryl methyl sites for hydroxylation is 1. The van der Waals surface area contributed by atoms with E-state index in [1.54, 1.807) is 0 Å². The Morgan fingerprint density at radius 3 is 2.70 bits per heavy atom. The number of hydrogen-bond acceptors (Lipinski definition) is 3. The molecule has 0 radical (unpaired) electrons. The van der Waals surface area contributed by atoms with Crippen LogP contribution in [0.25, 0.3) is 0 Å². The number of anilines is 1. The smallest absolute Gasteiger partial charge is 0.321 e. The van der Waals surface area contributed by atoms with E-state index in [0.29, 0.717) is 12.0 Å². The van der Waals surface area contributed by atoms with Gasteiger partial charge >= 0.3 is 6.03 Å². The van der Waals surface area contributed by atoms with E-state index >= 15 is 0 Å². The molecule has 1 aromatic carbocycles. The van der Waals surface area contributed by atoms with Gasteiger partial charge in [0.1, 0.15) is 0 Å². The second kappa shape index (κ2) is 8.60. The van der Waals surface area contributed by atoms with E-state index in [1.165, 1.54) is 5.56 Å². The van der Waals surface area contributed by atoms with Crippen molar-refractivity contribution >= 4 is 23.5 Å². The molecule has 0 saturated carbocycles. The van der Waals surface area contributed by atoms with Gasteiger partial charge in [-0.25, -0.2) is 4.79 Å². The Hall–Kier alpha value is -1.20. The summed E-state index contributed by atoms with van der Waals surface area (Å²) < 4.78 is 0. The first-order chi connectivity index (χ1) is 11.0. The molecule has 0 bridgehead atoms. The summed E-state index contributed by atoms with van der Waals surface area (Å²) in [5, 5.41) is 3.02. The van der Waals surface area contributed by atoms with Crippen molar-refractivity contribution < 1.29 is 4.79 Å². The summed E-state index contributed by atoms with van der Waals surface area (Å²) in [6.07, 6.45) is 4.23. The van der Waals surface area contributed by atoms with E-state index in [0.717, 1.165) is 37.4 Å². The standard InChI is InChI=1S/C18H29N3OS/c1-14-13-20(2)11-9-17(14)21(3)18(22)19-16-7-5-15(6-8-16)10-12-23-4/h5-8,14,17H,9-13H2,1-4H3,(H,19,22)/t14-,17-/m0/s1. The molecule has 2 atom stereocenters. The number of carbonyl (C=O) groups excluding carboxylic acids is 1. The fraction of sp³-hybridized carbons (Fsp3) is 0.611. The molecule has 5 heteroatoms. The lowest BCUT2D eigenvalue weighted by atomic mass is 9.93. The van der Waals surface area contributed by atoms with Crippen LogP contribution in [0.2, 0.25) is 0 Å². The number of thioether (sulfide) groups is 1. The van der Waals surface area contributed by atoms with E-state index in [1.807, 2.05) is 35.8 Å². The van der Waals surface area contributed by atoms with Crippen molar-refractivity contribution in [1.29, 1.82) is 0 Å². The maximum absolute atomic E-state index is 12.5. The summed E-state index contributed by atoms with van der Waals surface area (Å²) in [7, 11) is 4.06. The van der Waals surface area contributed by atoms with Crippen LogP contribution < -0.4 is 5.32 Å². The molecule has 2 amide bonds. The average molecular weight is 336 g/mol. The monoisotopic (exact) mass is 335 g/mol. The fourth-order valence-electron chi connectivity index (χ4n) is 3.25. The van der Waals surface area contributed by atoms with Gasteiger partial charge in [-0.15, -0.1) is 0 Å². The average Bonchev–Trinajstić information content (AvgIpc) is 2.53. The summed E-state index contributed by atoms with van der Waals surface area (Å²) in [6.45, 7) is 4.33. The molecule has 4 nitrogen and oxygen atoms in total. The summed E-state index contributed by atoms with van der Waals surface area (Å²) in [5.74, 6) is 1.63. The summed E-state index contributed by atoms with van der Waals surface area (Å²) >= 11 is 1.85. The quantitative estimate of drug-likeness (QED) is 0.896. The fourth-order valence-corrected chi connectivity index (χ4v) is 3.69. The minimum absolute atomic E-state index is 0.0109. The summed E-state index contributed by atoms with van der Waals surface area (Å²) in [5.41, 5.74) is 2.19. The second-order valence-corrected chi connectivity index (χ2v) is 7.56. The van der Waals surface area contributed by atoms with Crippen LogP contribution in [0.4, 0.5) is 10.5 Å². The van der Waals surface area contributed by atoms with Crippen LogP contribution in [0, 0.1) is 5.92 Å². The molecule has 0 unspecified atom stereocenters. The number of nitrogens with one attached hydrogen (secondary N) is 1. The van der Waals surface area contributed by atoms with Crippen LogP contribution in [0.5, 0.6) is 0 Å². The first-order valence-corrected chi connectivity index (χ1v) is 9.71. The first kappa shape index (κ1) is 18.1. The molecular weight excluding hydrogens is 306 g/mol. The number of hydrogen-bond donors (Lipinski definition) is 1. The molecule has 128 valence electrons. The Morgan fingerprint density at radius 2 is 2.09 bits per heavy atom. The van der Waals surface area contributed by atoms with Gasteiger partial charge in [0.25, 0.3) is 0 Å². The van der Waals surface area contributed by atoms with Gasteiger partial charge in [0, 0.05) is 25.3 Å². The molecule has 0 spiro atoms. The molecule has 1 aliphatic rings. The van der Waals surface area contributed by atoms with Crippen molar-refractivity contribution in [3.63, 3.8) is 0 Å². The number of carbonyl (C=O) groups is 1. The molecule has 1 N–H and O–H groups in total. The molecular formula is C18H29N3OS. The van der Waals surface area contributed by atoms with Gasteiger partial charge in [0.15, 0.2) is 0 Å². The summed E-state index contributed by atoms with van der Waals surface area (Å²) in [4.78, 5) is 16.7. The highest BCUT2D eigenvalue weighted by molar-refractivity contribution is 7.98. The lowest BCUT2D eigenvalue weighted by molar-refractivity contribution is 0.113. The molecule has 2 rings (SSSR count). The van der Waals surface area contributed by atoms with Crippen molar-refractivity contribution in [3.05, 3.63) is 29.8 Å². The normalized spacial score (nSPS) is 21.9. The lowest BCUT2D eigenvalue weighted by Crippen LogP contribution is -2.50. The number of piperidine rings is 1. The van der Waals surface area contributed by atoms with E-state index < -0.39 is 0 Å². The predicted octanol–water partition coefficient (Wildman–Crippen LogP) is 3.40. The third kappa shape index (κ3) is 5.15. The Balaban J connectivity index is 1.90. The molecule has 1 saturated heterocycles. The molecule has 0 aliphatic carbocycles. The Bertz CT molecular complexity index is 505. The number of benzene rings is 1. The molecule has 1 fully saturated rings. The van der Waals surface area contributed by atoms with Crippen molar-refractivity contribution in [1.82, 2.24) is 9.80 Å². The number of amides is 2. The Kier molecular flexibility index (Phi) is 6.78. The van der Waals surface area contributed by atoms with Gasteiger partial charge in [-0.05, 0) is 62.1 Å². The molecule has 0 aromatic heterocycles. The second-order valence-electron chi connectivity index (χ2n) is 6.58. The third-order valence-electron chi connectivity index (χ3n) is 4.68. The minimum atomic E-state index is -0.0109. The zero-order chi connectivity index (χ0) is 16.8. The van der Waals surface area contributed by atoms with Gasteiger partial charge in [0.2, 0.25) is 0 Å². The third-order valence-corrected chi connectivity index (χ3v) is 5.29. The molecule has 1 aromatic rings. The van der Waals surface area contributed by atoms with E-state index in [4.69, 9.17) is 0 Å². The van der Waals surface area contributed by atoms with Crippen LogP contribution in [-0.2, 0) is 6.42 Å². The van der Waals surface area contributed by atoms with E-state index in [9.17, 15) is 4.79 Å². The predicted molar refractivity (Wildman–Crippen MR) is 100 cm³/mol. The number of urea groups is 1. The lowest BCUT2D eigenvalue weighted by Gasteiger charge is -2.39. The largest absolute Gasteiger partial charge is 0.324 e. The van der Waals surface area contributed by atoms with Crippen molar-refractivity contribution in [2.75, 3.05) is 44.5 Å². The zero-order valence-electron chi connectivity index (χ0n) is 14.7. The maximum Gasteiger partial charge on any atom is 0.321 e. The number of nitrogens with zero attached hydrogens (tertiary/aromatic N) is 2. The highest BCUT2D eigenvalue weighted by atomic mass is 32.2. The molecule has 1 heterocycles. The maximum atomic E-state index is 12.5. The topological polar surface area (TPSA) is 35.6 Å². The summed E-state index contributed by atoms with van der Waals surface area (Å²) in [6, 6.07) is 8.50. The van der Waals surface area contributed by atoms with E-state index in [-0.39, 0.29) is 6.03 Å². The van der Waals surface area contributed by atoms with Crippen LogP contribution in [0.15, 0.2) is 24.3 Å². The van der Waals surface area contributed by atoms with Crippen LogP contribution in [0.3, 0.4) is 0 Å². The van der Waals surface area contributed by atoms with Crippen molar-refractivity contribution in [2.24, 2.45) is 5.92 Å². The molecule has 23 heavy (non-hydrogen) atoms. The SMILES string of the molecule is CSCCc1ccc(NC(=O)N(C)[C@H]2CCN(C)C[C@@H]2C)cc1. The highest BCUT2D eigenvalue weighted by Crippen LogP contribution is 2.21. The zero-order valence-corrected chi connectivity index (χ0v) is 15.5. The van der Waals surface area contributed by atoms with Gasteiger partial charge in [-0.3, -0.25) is 0 Å². The van der Waals surface area contributed by atoms with Crippen molar-refractivity contribution in [2.45, 2.75) is 25.8 Å². The van der Waals surface area contributed by atoms with Crippen molar-refractivity contribution in [3.8, 4) is 0 Å². The van der Waals surface area contributed by atoms with Crippen LogP contribution in [-0.4, -0.2) is 61.1 Å². The van der Waals surface area contributed by atoms with E-state index in [2.05, 4.69) is 42.6 Å².